The van der Waals surface area contributed by atoms with Crippen molar-refractivity contribution in [1.82, 2.24) is 5.32 Å². The number of nitrogens with two attached hydrogens (primary N) is 1. The van der Waals surface area contributed by atoms with E-state index in [9.17, 15) is 14.7 Å². The van der Waals surface area contributed by atoms with Crippen LogP contribution in [0.3, 0.4) is 0 Å². The number of carbonyl (C=O) groups excluding carboxylic acids is 2. The molecule has 0 saturated heterocycles. The second-order valence-corrected chi connectivity index (χ2v) is 5.33. The highest BCUT2D eigenvalue weighted by Gasteiger charge is 2.18. The number of amides is 2. The molecule has 22 heavy (non-hydrogen) atoms. The van der Waals surface area contributed by atoms with Gasteiger partial charge in [-0.05, 0) is 35.9 Å². The van der Waals surface area contributed by atoms with Crippen LogP contribution in [-0.4, -0.2) is 16.9 Å². The van der Waals surface area contributed by atoms with Crippen molar-refractivity contribution < 1.29 is 19.1 Å². The largest absolute Gasteiger partial charge is 0.454 e. The Morgan fingerprint density at radius 3 is 2.41 bits per heavy atom. The Bertz CT molecular complexity index is 694. The molecule has 1 aromatic carbocycles. The maximum atomic E-state index is 11.9. The number of aliphatic hydroxyl groups is 1. The third-order valence-electron chi connectivity index (χ3n) is 2.79. The van der Waals surface area contributed by atoms with Crippen molar-refractivity contribution in [3.63, 3.8) is 0 Å². The molecular formula is C14H12Cl2N2O4. The number of halogens is 2. The minimum Gasteiger partial charge on any atom is -0.454 e. The first-order valence-electron chi connectivity index (χ1n) is 6.17. The Kier molecular flexibility index (Phi) is 5.07. The summed E-state index contributed by atoms with van der Waals surface area (Å²) in [6.07, 6.45) is -1.43. The van der Waals surface area contributed by atoms with Crippen LogP contribution < -0.4 is 11.1 Å². The first kappa shape index (κ1) is 16.4. The minimum atomic E-state index is -1.43. The number of nitrogens with one attached hydrogen (secondary N) is 1. The fraction of sp³-hybridized carbons (Fsp3) is 0.143. The van der Waals surface area contributed by atoms with Crippen LogP contribution in [-0.2, 0) is 11.3 Å². The molecule has 1 heterocycles. The number of hydrogen-bond acceptors (Lipinski definition) is 4. The molecule has 0 radical (unpaired) electrons. The Balaban J connectivity index is 2.00. The average Bonchev–Trinajstić information content (AvgIpc) is 2.92. The van der Waals surface area contributed by atoms with Gasteiger partial charge in [0.2, 0.25) is 0 Å². The van der Waals surface area contributed by atoms with Crippen LogP contribution >= 0.6 is 23.2 Å². The van der Waals surface area contributed by atoms with Gasteiger partial charge in [0.05, 0.1) is 6.54 Å². The summed E-state index contributed by atoms with van der Waals surface area (Å²) in [5.74, 6) is -1.04. The molecule has 1 unspecified atom stereocenters. The van der Waals surface area contributed by atoms with Gasteiger partial charge in [0.25, 0.3) is 11.8 Å². The van der Waals surface area contributed by atoms with E-state index in [0.717, 1.165) is 0 Å². The third kappa shape index (κ3) is 4.00. The van der Waals surface area contributed by atoms with E-state index in [-0.39, 0.29) is 17.9 Å². The summed E-state index contributed by atoms with van der Waals surface area (Å²) in [4.78, 5) is 22.8. The van der Waals surface area contributed by atoms with E-state index in [0.29, 0.717) is 15.8 Å². The fourth-order valence-electron chi connectivity index (χ4n) is 1.76. The number of hydrogen-bond donors (Lipinski definition) is 3. The van der Waals surface area contributed by atoms with Crippen LogP contribution in [0.25, 0.3) is 0 Å². The van der Waals surface area contributed by atoms with Gasteiger partial charge in [0.15, 0.2) is 11.9 Å². The lowest BCUT2D eigenvalue weighted by Gasteiger charge is -2.11. The third-order valence-corrected chi connectivity index (χ3v) is 3.23. The normalized spacial score (nSPS) is 12.0. The lowest BCUT2D eigenvalue weighted by Crippen LogP contribution is -2.28. The number of primary amides is 1. The molecule has 4 N–H and O–H groups in total. The molecule has 2 aromatic rings. The van der Waals surface area contributed by atoms with E-state index in [1.54, 1.807) is 0 Å². The van der Waals surface area contributed by atoms with Gasteiger partial charge in [-0.2, -0.15) is 0 Å². The molecule has 0 saturated carbocycles. The molecule has 0 aliphatic heterocycles. The van der Waals surface area contributed by atoms with Gasteiger partial charge in [-0.15, -0.1) is 0 Å². The smallest absolute Gasteiger partial charge is 0.284 e. The Hall–Kier alpha value is -2.02. The van der Waals surface area contributed by atoms with Gasteiger partial charge in [0, 0.05) is 10.0 Å². The molecule has 1 atom stereocenters. The topological polar surface area (TPSA) is 106 Å². The molecule has 0 aliphatic carbocycles. The average molecular weight is 343 g/mol. The highest BCUT2D eigenvalue weighted by Crippen LogP contribution is 2.23. The van der Waals surface area contributed by atoms with Crippen LogP contribution in [0.15, 0.2) is 34.7 Å². The zero-order valence-electron chi connectivity index (χ0n) is 11.2. The van der Waals surface area contributed by atoms with E-state index < -0.39 is 17.9 Å². The molecule has 6 nitrogen and oxygen atoms in total. The van der Waals surface area contributed by atoms with E-state index in [2.05, 4.69) is 5.32 Å². The standard InChI is InChI=1S/C14H12Cl2N2O4/c15-8-3-7(4-9(16)5-8)12(19)14(21)18-6-10-1-2-11(22-10)13(17)20/h1-5,12,19H,6H2,(H2,17,20)(H,18,21). The number of rotatable bonds is 5. The summed E-state index contributed by atoms with van der Waals surface area (Å²) in [6, 6.07) is 7.27. The molecular weight excluding hydrogens is 331 g/mol. The zero-order chi connectivity index (χ0) is 16.3. The zero-order valence-corrected chi connectivity index (χ0v) is 12.7. The van der Waals surface area contributed by atoms with Gasteiger partial charge in [-0.3, -0.25) is 9.59 Å². The summed E-state index contributed by atoms with van der Waals surface area (Å²) in [7, 11) is 0. The van der Waals surface area contributed by atoms with Gasteiger partial charge in [-0.1, -0.05) is 23.2 Å². The molecule has 0 spiro atoms. The Morgan fingerprint density at radius 1 is 1.23 bits per heavy atom. The van der Waals surface area contributed by atoms with E-state index in [4.69, 9.17) is 33.4 Å². The van der Waals surface area contributed by atoms with Crippen molar-refractivity contribution >= 4 is 35.0 Å². The summed E-state index contributed by atoms with van der Waals surface area (Å²) in [5, 5.41) is 13.1. The Labute approximate surface area is 135 Å². The van der Waals surface area contributed by atoms with Crippen molar-refractivity contribution in [1.29, 1.82) is 0 Å². The maximum absolute atomic E-state index is 11.9. The molecule has 8 heteroatoms. The predicted octanol–water partition coefficient (Wildman–Crippen LogP) is 2.04. The van der Waals surface area contributed by atoms with Crippen LogP contribution in [0.4, 0.5) is 0 Å². The second kappa shape index (κ2) is 6.83. The van der Waals surface area contributed by atoms with Gasteiger partial charge >= 0.3 is 0 Å². The Morgan fingerprint density at radius 2 is 1.86 bits per heavy atom. The highest BCUT2D eigenvalue weighted by molar-refractivity contribution is 6.34. The van der Waals surface area contributed by atoms with Crippen LogP contribution in [0.2, 0.25) is 10.0 Å². The SMILES string of the molecule is NC(=O)c1ccc(CNC(=O)C(O)c2cc(Cl)cc(Cl)c2)o1. The van der Waals surface area contributed by atoms with Crippen LogP contribution in [0, 0.1) is 0 Å². The lowest BCUT2D eigenvalue weighted by atomic mass is 10.1. The van der Waals surface area contributed by atoms with Crippen LogP contribution in [0.1, 0.15) is 28.0 Å². The van der Waals surface area contributed by atoms with Crippen molar-refractivity contribution in [3.05, 3.63) is 57.5 Å². The van der Waals surface area contributed by atoms with Gasteiger partial charge in [0.1, 0.15) is 5.76 Å². The lowest BCUT2D eigenvalue weighted by molar-refractivity contribution is -0.129. The first-order chi connectivity index (χ1) is 10.4. The quantitative estimate of drug-likeness (QED) is 0.772. The van der Waals surface area contributed by atoms with Gasteiger partial charge < -0.3 is 20.6 Å². The second-order valence-electron chi connectivity index (χ2n) is 4.45. The predicted molar refractivity (Wildman–Crippen MR) is 80.5 cm³/mol. The van der Waals surface area contributed by atoms with Crippen molar-refractivity contribution in [2.24, 2.45) is 5.73 Å². The molecule has 116 valence electrons. The molecule has 0 bridgehead atoms. The number of carbonyl (C=O) groups is 2. The molecule has 0 fully saturated rings. The monoisotopic (exact) mass is 342 g/mol. The van der Waals surface area contributed by atoms with E-state index in [1.807, 2.05) is 0 Å². The molecule has 0 aliphatic rings. The number of aliphatic hydroxyl groups excluding tert-OH is 1. The van der Waals surface area contributed by atoms with E-state index >= 15 is 0 Å². The van der Waals surface area contributed by atoms with Crippen LogP contribution in [0.5, 0.6) is 0 Å². The van der Waals surface area contributed by atoms with Gasteiger partial charge in [-0.25, -0.2) is 0 Å². The minimum absolute atomic E-state index is 0.00251. The molecule has 2 rings (SSSR count). The van der Waals surface area contributed by atoms with Crippen molar-refractivity contribution in [2.75, 3.05) is 0 Å². The van der Waals surface area contributed by atoms with Crippen molar-refractivity contribution in [3.8, 4) is 0 Å². The highest BCUT2D eigenvalue weighted by atomic mass is 35.5. The van der Waals surface area contributed by atoms with Crippen molar-refractivity contribution in [2.45, 2.75) is 12.6 Å². The fourth-order valence-corrected chi connectivity index (χ4v) is 2.30. The summed E-state index contributed by atoms with van der Waals surface area (Å²) >= 11 is 11.6. The van der Waals surface area contributed by atoms with E-state index in [1.165, 1.54) is 30.3 Å². The summed E-state index contributed by atoms with van der Waals surface area (Å²) in [6.45, 7) is -0.00251. The molecule has 2 amide bonds. The summed E-state index contributed by atoms with van der Waals surface area (Å²) in [5.41, 5.74) is 5.32. The number of benzene rings is 1. The number of furan rings is 1. The molecule has 1 aromatic heterocycles. The summed E-state index contributed by atoms with van der Waals surface area (Å²) < 4.78 is 5.11. The first-order valence-corrected chi connectivity index (χ1v) is 6.92. The maximum Gasteiger partial charge on any atom is 0.284 e.